The van der Waals surface area contributed by atoms with Crippen molar-refractivity contribution in [3.8, 4) is 11.4 Å². The molecule has 0 saturated heterocycles. The van der Waals surface area contributed by atoms with E-state index in [2.05, 4.69) is 17.1 Å². The Morgan fingerprint density at radius 1 is 1.15 bits per heavy atom. The molecule has 0 aliphatic heterocycles. The molecule has 2 aromatic heterocycles. The van der Waals surface area contributed by atoms with Gasteiger partial charge in [0.05, 0.1) is 0 Å². The molecule has 0 aliphatic rings. The van der Waals surface area contributed by atoms with Gasteiger partial charge in [-0.1, -0.05) is 0 Å². The van der Waals surface area contributed by atoms with E-state index in [1.807, 2.05) is 36.3 Å². The summed E-state index contributed by atoms with van der Waals surface area (Å²) in [6.07, 6.45) is 3.88. The van der Waals surface area contributed by atoms with Gasteiger partial charge in [0, 0.05) is 26.0 Å². The van der Waals surface area contributed by atoms with Crippen LogP contribution in [0.25, 0.3) is 11.4 Å². The van der Waals surface area contributed by atoms with E-state index in [0.29, 0.717) is 0 Å². The van der Waals surface area contributed by atoms with Crippen LogP contribution in [0.15, 0.2) is 24.5 Å². The molecule has 0 bridgehead atoms. The summed E-state index contributed by atoms with van der Waals surface area (Å²) in [5.74, 6) is 0. The van der Waals surface area contributed by atoms with Crippen LogP contribution in [0.3, 0.4) is 0 Å². The van der Waals surface area contributed by atoms with E-state index >= 15 is 0 Å². The van der Waals surface area contributed by atoms with Crippen molar-refractivity contribution in [2.45, 2.75) is 13.5 Å². The van der Waals surface area contributed by atoms with Crippen LogP contribution in [0, 0.1) is 0 Å². The Kier molecular flexibility index (Phi) is 1.88. The summed E-state index contributed by atoms with van der Waals surface area (Å²) in [5.41, 5.74) is 1.86. The third-order valence-electron chi connectivity index (χ3n) is 1.94. The second-order valence-electron chi connectivity index (χ2n) is 2.93. The minimum atomic E-state index is 0.896. The van der Waals surface area contributed by atoms with Crippen molar-refractivity contribution in [3.05, 3.63) is 24.5 Å². The summed E-state index contributed by atoms with van der Waals surface area (Å²) in [6.45, 7) is 2.96. The SMILES string of the molecule is CCn1ccc(-c2ccn(C)n2)n1. The highest BCUT2D eigenvalue weighted by atomic mass is 15.3. The maximum absolute atomic E-state index is 4.35. The summed E-state index contributed by atoms with van der Waals surface area (Å²) >= 11 is 0. The number of rotatable bonds is 2. The first-order valence-corrected chi connectivity index (χ1v) is 4.33. The molecule has 0 unspecified atom stereocenters. The van der Waals surface area contributed by atoms with Crippen molar-refractivity contribution in [2.75, 3.05) is 0 Å². The molecule has 0 atom stereocenters. The number of nitrogens with zero attached hydrogens (tertiary/aromatic N) is 4. The minimum Gasteiger partial charge on any atom is -0.275 e. The van der Waals surface area contributed by atoms with Gasteiger partial charge in [0.15, 0.2) is 0 Å². The van der Waals surface area contributed by atoms with Crippen LogP contribution >= 0.6 is 0 Å². The van der Waals surface area contributed by atoms with Crippen LogP contribution in [0.5, 0.6) is 0 Å². The van der Waals surface area contributed by atoms with E-state index in [0.717, 1.165) is 17.9 Å². The van der Waals surface area contributed by atoms with Gasteiger partial charge in [-0.05, 0) is 19.1 Å². The lowest BCUT2D eigenvalue weighted by Crippen LogP contribution is -1.94. The Morgan fingerprint density at radius 3 is 2.38 bits per heavy atom. The lowest BCUT2D eigenvalue weighted by atomic mass is 10.3. The van der Waals surface area contributed by atoms with Crippen molar-refractivity contribution >= 4 is 0 Å². The molecule has 0 aliphatic carbocycles. The van der Waals surface area contributed by atoms with E-state index in [1.54, 1.807) is 4.68 Å². The second-order valence-corrected chi connectivity index (χ2v) is 2.93. The lowest BCUT2D eigenvalue weighted by molar-refractivity contribution is 0.661. The predicted molar refractivity (Wildman–Crippen MR) is 50.1 cm³/mol. The van der Waals surface area contributed by atoms with Crippen molar-refractivity contribution < 1.29 is 0 Å². The van der Waals surface area contributed by atoms with E-state index in [4.69, 9.17) is 0 Å². The first kappa shape index (κ1) is 8.04. The van der Waals surface area contributed by atoms with Crippen LogP contribution in [0.2, 0.25) is 0 Å². The third-order valence-corrected chi connectivity index (χ3v) is 1.94. The zero-order chi connectivity index (χ0) is 9.26. The van der Waals surface area contributed by atoms with Crippen LogP contribution in [-0.2, 0) is 13.6 Å². The molecule has 2 aromatic rings. The highest BCUT2D eigenvalue weighted by molar-refractivity contribution is 5.52. The highest BCUT2D eigenvalue weighted by Crippen LogP contribution is 2.12. The van der Waals surface area contributed by atoms with Crippen molar-refractivity contribution in [3.63, 3.8) is 0 Å². The number of hydrogen-bond donors (Lipinski definition) is 0. The van der Waals surface area contributed by atoms with Crippen LogP contribution in [-0.4, -0.2) is 19.6 Å². The molecule has 4 nitrogen and oxygen atoms in total. The molecule has 0 fully saturated rings. The third kappa shape index (κ3) is 1.47. The summed E-state index contributed by atoms with van der Waals surface area (Å²) in [7, 11) is 1.90. The summed E-state index contributed by atoms with van der Waals surface area (Å²) < 4.78 is 3.67. The molecule has 2 heterocycles. The fourth-order valence-corrected chi connectivity index (χ4v) is 1.23. The van der Waals surface area contributed by atoms with Gasteiger partial charge < -0.3 is 0 Å². The van der Waals surface area contributed by atoms with Gasteiger partial charge in [-0.3, -0.25) is 9.36 Å². The Morgan fingerprint density at radius 2 is 1.85 bits per heavy atom. The van der Waals surface area contributed by atoms with E-state index < -0.39 is 0 Å². The van der Waals surface area contributed by atoms with E-state index in [1.165, 1.54) is 0 Å². The smallest absolute Gasteiger partial charge is 0.113 e. The summed E-state index contributed by atoms with van der Waals surface area (Å²) in [6, 6.07) is 3.94. The molecule has 2 rings (SSSR count). The largest absolute Gasteiger partial charge is 0.275 e. The number of aryl methyl sites for hydroxylation is 2. The first-order valence-electron chi connectivity index (χ1n) is 4.33. The van der Waals surface area contributed by atoms with Crippen LogP contribution in [0.4, 0.5) is 0 Å². The molecule has 0 radical (unpaired) electrons. The lowest BCUT2D eigenvalue weighted by Gasteiger charge is -1.91. The van der Waals surface area contributed by atoms with Crippen LogP contribution < -0.4 is 0 Å². The normalized spacial score (nSPS) is 10.6. The maximum atomic E-state index is 4.35. The predicted octanol–water partition coefficient (Wildman–Crippen LogP) is 1.30. The number of aromatic nitrogens is 4. The van der Waals surface area contributed by atoms with Gasteiger partial charge in [-0.2, -0.15) is 10.2 Å². The van der Waals surface area contributed by atoms with Gasteiger partial charge >= 0.3 is 0 Å². The van der Waals surface area contributed by atoms with E-state index in [-0.39, 0.29) is 0 Å². The Balaban J connectivity index is 2.35. The monoisotopic (exact) mass is 176 g/mol. The molecule has 68 valence electrons. The number of hydrogen-bond acceptors (Lipinski definition) is 2. The quantitative estimate of drug-likeness (QED) is 0.691. The fraction of sp³-hybridized carbons (Fsp3) is 0.333. The topological polar surface area (TPSA) is 35.6 Å². The van der Waals surface area contributed by atoms with Gasteiger partial charge in [-0.15, -0.1) is 0 Å². The van der Waals surface area contributed by atoms with Gasteiger partial charge in [0.1, 0.15) is 11.4 Å². The van der Waals surface area contributed by atoms with Crippen molar-refractivity contribution in [1.82, 2.24) is 19.6 Å². The first-order chi connectivity index (χ1) is 6.29. The Bertz CT molecular complexity index is 399. The molecule has 0 N–H and O–H groups in total. The summed E-state index contributed by atoms with van der Waals surface area (Å²) in [5, 5.41) is 8.62. The van der Waals surface area contributed by atoms with Crippen molar-refractivity contribution in [1.29, 1.82) is 0 Å². The zero-order valence-corrected chi connectivity index (χ0v) is 7.81. The second kappa shape index (κ2) is 3.05. The average Bonchev–Trinajstić information content (AvgIpc) is 2.71. The molecule has 0 spiro atoms. The van der Waals surface area contributed by atoms with Crippen molar-refractivity contribution in [2.24, 2.45) is 7.05 Å². The summed E-state index contributed by atoms with van der Waals surface area (Å²) in [4.78, 5) is 0. The zero-order valence-electron chi connectivity index (χ0n) is 7.81. The maximum Gasteiger partial charge on any atom is 0.113 e. The van der Waals surface area contributed by atoms with E-state index in [9.17, 15) is 0 Å². The average molecular weight is 176 g/mol. The fourth-order valence-electron chi connectivity index (χ4n) is 1.23. The van der Waals surface area contributed by atoms with Crippen LogP contribution in [0.1, 0.15) is 6.92 Å². The Labute approximate surface area is 76.8 Å². The van der Waals surface area contributed by atoms with Gasteiger partial charge in [0.25, 0.3) is 0 Å². The minimum absolute atomic E-state index is 0.896. The highest BCUT2D eigenvalue weighted by Gasteiger charge is 2.03. The molecule has 0 amide bonds. The Hall–Kier alpha value is -1.58. The molecular formula is C9H12N4. The molecule has 0 aromatic carbocycles. The van der Waals surface area contributed by atoms with Gasteiger partial charge in [-0.25, -0.2) is 0 Å². The van der Waals surface area contributed by atoms with Gasteiger partial charge in [0.2, 0.25) is 0 Å². The molecular weight excluding hydrogens is 164 g/mol. The molecule has 0 saturated carbocycles. The standard InChI is InChI=1S/C9H12N4/c1-3-13-7-5-9(11-13)8-4-6-12(2)10-8/h4-7H,3H2,1-2H3. The molecule has 13 heavy (non-hydrogen) atoms. The molecule has 4 heteroatoms.